The number of aliphatic carboxylic acids is 1. The number of carboxylic acids is 1. The van der Waals surface area contributed by atoms with E-state index in [0.717, 1.165) is 6.92 Å². The Morgan fingerprint density at radius 3 is 1.11 bits per heavy atom. The molecule has 0 saturated heterocycles. The van der Waals surface area contributed by atoms with Crippen molar-refractivity contribution < 1.29 is 9.90 Å². The molecule has 0 bridgehead atoms. The van der Waals surface area contributed by atoms with Crippen LogP contribution >= 0.6 is 0 Å². The SMILES string of the molecule is CC(=O)[O-].[Ca].[Ca].[Ca].[Ca].[Sr]. The summed E-state index contributed by atoms with van der Waals surface area (Å²) in [6.45, 7) is 0.972. The number of hydrogen-bond acceptors (Lipinski definition) is 2. The molecule has 0 aliphatic heterocycles. The van der Waals surface area contributed by atoms with Crippen LogP contribution in [0.1, 0.15) is 6.92 Å². The summed E-state index contributed by atoms with van der Waals surface area (Å²) in [5.74, 6) is -1.08. The first-order valence-corrected chi connectivity index (χ1v) is 0.908. The monoisotopic (exact) mass is 307 g/mol. The van der Waals surface area contributed by atoms with Crippen molar-refractivity contribution in [2.45, 2.75) is 6.92 Å². The van der Waals surface area contributed by atoms with Crippen LogP contribution in [0.2, 0.25) is 0 Å². The molecule has 0 fully saturated rings. The van der Waals surface area contributed by atoms with Gasteiger partial charge < -0.3 is 9.90 Å². The Morgan fingerprint density at radius 2 is 1.11 bits per heavy atom. The van der Waals surface area contributed by atoms with Crippen LogP contribution in [0.25, 0.3) is 0 Å². The third-order valence-corrected chi connectivity index (χ3v) is 0. The zero-order valence-electron chi connectivity index (χ0n) is 5.85. The van der Waals surface area contributed by atoms with Crippen molar-refractivity contribution in [2.24, 2.45) is 0 Å². The molecule has 34 valence electrons. The standard InChI is InChI=1S/C2H4O2.4Ca.Sr/c1-2(3)4;;;;;/h1H3,(H,3,4);;;;;/p-1. The Labute approximate surface area is 212 Å². The second kappa shape index (κ2) is 29.2. The molecule has 0 aromatic rings. The number of rotatable bonds is 0. The van der Waals surface area contributed by atoms with Crippen LogP contribution in [0, 0.1) is 0 Å². The van der Waals surface area contributed by atoms with Gasteiger partial charge in [-0.25, -0.2) is 0 Å². The van der Waals surface area contributed by atoms with Crippen LogP contribution in [0.4, 0.5) is 0 Å². The molecule has 0 N–H and O–H groups in total. The van der Waals surface area contributed by atoms with Gasteiger partial charge in [0.05, 0.1) is 0 Å². The van der Waals surface area contributed by atoms with E-state index in [1.165, 1.54) is 0 Å². The first kappa shape index (κ1) is 36.3. The Hall–Kier alpha value is 5.99. The Bertz CT molecular complexity index is 39.5. The second-order valence-electron chi connectivity index (χ2n) is 0.492. The van der Waals surface area contributed by atoms with Gasteiger partial charge in [-0.05, 0) is 6.92 Å². The van der Waals surface area contributed by atoms with Gasteiger partial charge in [-0.1, -0.05) is 0 Å². The molecule has 0 rings (SSSR count). The topological polar surface area (TPSA) is 40.1 Å². The largest absolute Gasteiger partial charge is 0.550 e. The van der Waals surface area contributed by atoms with Gasteiger partial charge in [0.2, 0.25) is 0 Å². The Morgan fingerprint density at radius 1 is 1.11 bits per heavy atom. The molecule has 0 unspecified atom stereocenters. The normalized spacial score (nSPS) is 2.78. The molecule has 0 heterocycles. The maximum atomic E-state index is 8.89. The molecule has 0 atom stereocenters. The van der Waals surface area contributed by atoms with Gasteiger partial charge >= 0.3 is 0 Å². The van der Waals surface area contributed by atoms with E-state index >= 15 is 0 Å². The van der Waals surface area contributed by atoms with E-state index in [-0.39, 0.29) is 196 Å². The van der Waals surface area contributed by atoms with Crippen molar-refractivity contribution in [1.29, 1.82) is 0 Å². The van der Waals surface area contributed by atoms with Gasteiger partial charge in [0.25, 0.3) is 0 Å². The van der Waals surface area contributed by atoms with E-state index in [4.69, 9.17) is 9.90 Å². The first-order valence-electron chi connectivity index (χ1n) is 0.908. The second-order valence-corrected chi connectivity index (χ2v) is 0.492. The predicted molar refractivity (Wildman–Crippen MR) is 39.5 cm³/mol. The van der Waals surface area contributed by atoms with Crippen molar-refractivity contribution in [3.8, 4) is 0 Å². The average Bonchev–Trinajstić information content (AvgIpc) is 0.811. The van der Waals surface area contributed by atoms with Gasteiger partial charge in [-0.3, -0.25) is 0 Å². The minimum atomic E-state index is -1.08. The molecule has 0 spiro atoms. The summed E-state index contributed by atoms with van der Waals surface area (Å²) >= 11 is 0. The Kier molecular flexibility index (Phi) is 118. The molecule has 0 amide bonds. The van der Waals surface area contributed by atoms with Crippen molar-refractivity contribution >= 4 is 202 Å². The molecule has 0 saturated carbocycles. The maximum absolute atomic E-state index is 8.89. The molecule has 0 aromatic heterocycles. The summed E-state index contributed by atoms with van der Waals surface area (Å²) in [5, 5.41) is 8.89. The predicted octanol–water partition coefficient (Wildman–Crippen LogP) is -3.15. The smallest absolute Gasteiger partial charge is 0.0383 e. The zero-order valence-corrected chi connectivity index (χ0v) is 18.2. The van der Waals surface area contributed by atoms with Gasteiger partial charge in [-0.15, -0.1) is 0 Å². The van der Waals surface area contributed by atoms with Crippen LogP contribution in [0.5, 0.6) is 0 Å². The van der Waals surface area contributed by atoms with Crippen LogP contribution in [0.15, 0.2) is 0 Å². The fraction of sp³-hybridized carbons (Fsp3) is 0.500. The van der Waals surface area contributed by atoms with Crippen LogP contribution in [0.3, 0.4) is 0 Å². The molecular weight excluding hydrogens is 304 g/mol. The van der Waals surface area contributed by atoms with Crippen molar-refractivity contribution in [2.75, 3.05) is 0 Å². The zero-order chi connectivity index (χ0) is 3.58. The van der Waals surface area contributed by atoms with E-state index < -0.39 is 5.97 Å². The van der Waals surface area contributed by atoms with Crippen molar-refractivity contribution in [1.82, 2.24) is 0 Å². The van der Waals surface area contributed by atoms with E-state index in [1.54, 1.807) is 0 Å². The van der Waals surface area contributed by atoms with E-state index in [2.05, 4.69) is 0 Å². The van der Waals surface area contributed by atoms with Crippen molar-refractivity contribution in [3.63, 3.8) is 0 Å². The third kappa shape index (κ3) is 56.1. The summed E-state index contributed by atoms with van der Waals surface area (Å²) in [7, 11) is 0. The minimum absolute atomic E-state index is 0. The number of hydrogen-bond donors (Lipinski definition) is 0. The third-order valence-electron chi connectivity index (χ3n) is 0. The fourth-order valence-electron chi connectivity index (χ4n) is 0. The van der Waals surface area contributed by atoms with Gasteiger partial charge in [0.15, 0.2) is 0 Å². The summed E-state index contributed by atoms with van der Waals surface area (Å²) < 4.78 is 0. The van der Waals surface area contributed by atoms with Gasteiger partial charge in [0.1, 0.15) is 0 Å². The Balaban J connectivity index is -0.00000000450. The molecule has 9 heavy (non-hydrogen) atoms. The molecule has 0 aliphatic rings. The molecule has 7 heteroatoms. The van der Waals surface area contributed by atoms with Crippen LogP contribution < -0.4 is 5.11 Å². The van der Waals surface area contributed by atoms with E-state index in [1.807, 2.05) is 0 Å². The molecular formula is C2H3Ca4O2Sr-. The minimum Gasteiger partial charge on any atom is -0.550 e. The van der Waals surface area contributed by atoms with E-state index in [9.17, 15) is 0 Å². The first-order chi connectivity index (χ1) is 1.73. The quantitative estimate of drug-likeness (QED) is 0.444. The number of carbonyl (C=O) groups is 1. The molecule has 2 nitrogen and oxygen atoms in total. The molecule has 0 aromatic carbocycles. The van der Waals surface area contributed by atoms with E-state index in [0.29, 0.717) is 0 Å². The number of carboxylic acid groups (broad SMARTS) is 1. The van der Waals surface area contributed by atoms with Crippen LogP contribution in [-0.4, -0.2) is 202 Å². The van der Waals surface area contributed by atoms with Gasteiger partial charge in [-0.2, -0.15) is 0 Å². The summed E-state index contributed by atoms with van der Waals surface area (Å²) in [4.78, 5) is 8.89. The molecule has 10 radical (unpaired) electrons. The average molecular weight is 307 g/mol. The maximum Gasteiger partial charge on any atom is 0.0383 e. The number of carbonyl (C=O) groups excluding carboxylic acids is 1. The summed E-state index contributed by atoms with van der Waals surface area (Å²) in [6, 6.07) is 0. The summed E-state index contributed by atoms with van der Waals surface area (Å²) in [5.41, 5.74) is 0. The summed E-state index contributed by atoms with van der Waals surface area (Å²) in [6.07, 6.45) is 0. The van der Waals surface area contributed by atoms with Crippen LogP contribution in [-0.2, 0) is 4.79 Å². The molecule has 0 aliphatic carbocycles. The fourth-order valence-corrected chi connectivity index (χ4v) is 0. The van der Waals surface area contributed by atoms with Gasteiger partial charge in [0, 0.05) is 202 Å². The van der Waals surface area contributed by atoms with Crippen molar-refractivity contribution in [3.05, 3.63) is 0 Å².